The van der Waals surface area contributed by atoms with Crippen LogP contribution in [0.4, 0.5) is 0 Å². The van der Waals surface area contributed by atoms with Gasteiger partial charge >= 0.3 is 0 Å². The van der Waals surface area contributed by atoms with Crippen molar-refractivity contribution in [1.82, 2.24) is 10.6 Å². The van der Waals surface area contributed by atoms with Gasteiger partial charge in [-0.2, -0.15) is 11.8 Å². The lowest BCUT2D eigenvalue weighted by Crippen LogP contribution is -2.47. The summed E-state index contributed by atoms with van der Waals surface area (Å²) < 4.78 is 5.75. The number of thioether (sulfide) groups is 1. The molecule has 0 amide bonds. The first-order valence-corrected chi connectivity index (χ1v) is 9.03. The zero-order valence-electron chi connectivity index (χ0n) is 13.8. The maximum atomic E-state index is 5.49. The lowest BCUT2D eigenvalue weighted by Gasteiger charge is -2.36. The third kappa shape index (κ3) is 4.65. The lowest BCUT2D eigenvalue weighted by atomic mass is 9.99. The van der Waals surface area contributed by atoms with Gasteiger partial charge < -0.3 is 15.4 Å². The Kier molecular flexibility index (Phi) is 6.58. The van der Waals surface area contributed by atoms with Gasteiger partial charge in [-0.15, -0.1) is 0 Å². The van der Waals surface area contributed by atoms with Crippen LogP contribution in [0.25, 0.3) is 0 Å². The smallest absolute Gasteiger partial charge is 0.191 e. The highest BCUT2D eigenvalue weighted by atomic mass is 32.2. The number of aryl methyl sites for hydroxylation is 1. The van der Waals surface area contributed by atoms with E-state index < -0.39 is 0 Å². The highest BCUT2D eigenvalue weighted by molar-refractivity contribution is 8.00. The van der Waals surface area contributed by atoms with E-state index in [1.165, 1.54) is 11.1 Å². The molecule has 2 N–H and O–H groups in total. The summed E-state index contributed by atoms with van der Waals surface area (Å²) >= 11 is 1.94. The van der Waals surface area contributed by atoms with E-state index in [0.717, 1.165) is 45.1 Å². The van der Waals surface area contributed by atoms with Gasteiger partial charge in [0.25, 0.3) is 0 Å². The number of ether oxygens (including phenoxy) is 1. The van der Waals surface area contributed by atoms with Crippen LogP contribution in [-0.2, 0) is 11.3 Å². The number of aliphatic imine (C=N–C) groups is 1. The van der Waals surface area contributed by atoms with Gasteiger partial charge in [0.2, 0.25) is 0 Å². The van der Waals surface area contributed by atoms with Crippen LogP contribution in [0.15, 0.2) is 29.3 Å². The van der Waals surface area contributed by atoms with E-state index in [0.29, 0.717) is 0 Å². The third-order valence-corrected chi connectivity index (χ3v) is 5.76. The van der Waals surface area contributed by atoms with E-state index in [9.17, 15) is 0 Å². The highest BCUT2D eigenvalue weighted by Crippen LogP contribution is 2.32. The molecule has 2 rings (SSSR count). The number of rotatable bonds is 5. The number of hydrogen-bond donors (Lipinski definition) is 2. The van der Waals surface area contributed by atoms with Crippen molar-refractivity contribution in [2.24, 2.45) is 4.99 Å². The fourth-order valence-corrected chi connectivity index (χ4v) is 3.44. The molecule has 1 aliphatic heterocycles. The van der Waals surface area contributed by atoms with Gasteiger partial charge in [-0.3, -0.25) is 4.99 Å². The minimum atomic E-state index is 0.262. The van der Waals surface area contributed by atoms with Crippen LogP contribution < -0.4 is 10.6 Å². The van der Waals surface area contributed by atoms with Crippen LogP contribution in [-0.4, -0.2) is 43.8 Å². The standard InChI is InChI=1S/C17H27N3OS/c1-14-6-4-5-7-15(14)12-19-16(18-2)20-13-17(22-3)8-10-21-11-9-17/h4-7H,8-13H2,1-3H3,(H2,18,19,20). The normalized spacial score (nSPS) is 18.0. The zero-order valence-corrected chi connectivity index (χ0v) is 14.6. The SMILES string of the molecule is CN=C(NCc1ccccc1C)NCC1(SC)CCOCC1. The maximum Gasteiger partial charge on any atom is 0.191 e. The molecule has 0 atom stereocenters. The van der Waals surface area contributed by atoms with Crippen LogP contribution in [0.1, 0.15) is 24.0 Å². The molecular formula is C17H27N3OS. The molecule has 1 fully saturated rings. The Morgan fingerprint density at radius 2 is 2.00 bits per heavy atom. The second kappa shape index (κ2) is 8.44. The quantitative estimate of drug-likeness (QED) is 0.646. The molecule has 0 radical (unpaired) electrons. The van der Waals surface area contributed by atoms with Crippen molar-refractivity contribution in [2.45, 2.75) is 31.1 Å². The van der Waals surface area contributed by atoms with Gasteiger partial charge in [-0.05, 0) is 37.1 Å². The van der Waals surface area contributed by atoms with E-state index in [2.05, 4.69) is 53.1 Å². The van der Waals surface area contributed by atoms with Gasteiger partial charge in [0.1, 0.15) is 0 Å². The molecular weight excluding hydrogens is 294 g/mol. The lowest BCUT2D eigenvalue weighted by molar-refractivity contribution is 0.0783. The number of guanidine groups is 1. The first-order valence-electron chi connectivity index (χ1n) is 7.81. The van der Waals surface area contributed by atoms with Crippen molar-refractivity contribution in [3.05, 3.63) is 35.4 Å². The summed E-state index contributed by atoms with van der Waals surface area (Å²) in [5.74, 6) is 0.864. The van der Waals surface area contributed by atoms with Gasteiger partial charge in [-0.1, -0.05) is 24.3 Å². The van der Waals surface area contributed by atoms with Crippen LogP contribution in [0.3, 0.4) is 0 Å². The molecule has 4 nitrogen and oxygen atoms in total. The molecule has 1 aromatic carbocycles. The Morgan fingerprint density at radius 1 is 1.27 bits per heavy atom. The van der Waals surface area contributed by atoms with Gasteiger partial charge in [0.15, 0.2) is 5.96 Å². The van der Waals surface area contributed by atoms with E-state index in [1.54, 1.807) is 0 Å². The molecule has 1 heterocycles. The van der Waals surface area contributed by atoms with Crippen molar-refractivity contribution < 1.29 is 4.74 Å². The van der Waals surface area contributed by atoms with E-state index >= 15 is 0 Å². The monoisotopic (exact) mass is 321 g/mol. The van der Waals surface area contributed by atoms with Crippen LogP contribution in [0.2, 0.25) is 0 Å². The van der Waals surface area contributed by atoms with Gasteiger partial charge in [0.05, 0.1) is 0 Å². The molecule has 0 aliphatic carbocycles. The maximum absolute atomic E-state index is 5.49. The number of benzene rings is 1. The summed E-state index contributed by atoms with van der Waals surface area (Å²) in [5, 5.41) is 6.89. The van der Waals surface area contributed by atoms with Crippen molar-refractivity contribution >= 4 is 17.7 Å². The molecule has 22 heavy (non-hydrogen) atoms. The second-order valence-corrected chi connectivity index (χ2v) is 6.98. The summed E-state index contributed by atoms with van der Waals surface area (Å²) in [5.41, 5.74) is 2.60. The van der Waals surface area contributed by atoms with Crippen LogP contribution in [0.5, 0.6) is 0 Å². The van der Waals surface area contributed by atoms with Gasteiger partial charge in [0, 0.05) is 38.1 Å². The predicted octanol–water partition coefficient (Wildman–Crippen LogP) is 2.57. The molecule has 0 spiro atoms. The summed E-state index contributed by atoms with van der Waals surface area (Å²) in [6.07, 6.45) is 4.38. The molecule has 5 heteroatoms. The Hall–Kier alpha value is -1.20. The molecule has 1 aromatic rings. The summed E-state index contributed by atoms with van der Waals surface area (Å²) in [7, 11) is 1.82. The Labute approximate surface area is 138 Å². The molecule has 0 saturated carbocycles. The summed E-state index contributed by atoms with van der Waals surface area (Å²) in [4.78, 5) is 4.34. The fraction of sp³-hybridized carbons (Fsp3) is 0.588. The molecule has 0 bridgehead atoms. The zero-order chi connectivity index (χ0) is 15.8. The number of nitrogens with one attached hydrogen (secondary N) is 2. The Bertz CT molecular complexity index is 498. The topological polar surface area (TPSA) is 45.7 Å². The van der Waals surface area contributed by atoms with Crippen molar-refractivity contribution in [3.8, 4) is 0 Å². The molecule has 0 unspecified atom stereocenters. The largest absolute Gasteiger partial charge is 0.381 e. The van der Waals surface area contributed by atoms with Crippen molar-refractivity contribution in [1.29, 1.82) is 0 Å². The molecule has 0 aromatic heterocycles. The number of nitrogens with zero attached hydrogens (tertiary/aromatic N) is 1. The Balaban J connectivity index is 1.86. The third-order valence-electron chi connectivity index (χ3n) is 4.35. The first kappa shape index (κ1) is 17.2. The van der Waals surface area contributed by atoms with E-state index in [1.807, 2.05) is 18.8 Å². The van der Waals surface area contributed by atoms with Crippen molar-refractivity contribution in [3.63, 3.8) is 0 Å². The summed E-state index contributed by atoms with van der Waals surface area (Å²) in [6.45, 7) is 5.57. The fourth-order valence-electron chi connectivity index (χ4n) is 2.65. The number of hydrogen-bond acceptors (Lipinski definition) is 3. The predicted molar refractivity (Wildman–Crippen MR) is 95.7 cm³/mol. The van der Waals surface area contributed by atoms with Gasteiger partial charge in [-0.25, -0.2) is 0 Å². The molecule has 1 saturated heterocycles. The Morgan fingerprint density at radius 3 is 2.64 bits per heavy atom. The van der Waals surface area contributed by atoms with Crippen LogP contribution >= 0.6 is 11.8 Å². The minimum absolute atomic E-state index is 0.262. The van der Waals surface area contributed by atoms with E-state index in [4.69, 9.17) is 4.74 Å². The first-order chi connectivity index (χ1) is 10.7. The average molecular weight is 321 g/mol. The average Bonchev–Trinajstić information content (AvgIpc) is 2.57. The molecule has 1 aliphatic rings. The highest BCUT2D eigenvalue weighted by Gasteiger charge is 2.31. The summed E-state index contributed by atoms with van der Waals surface area (Å²) in [6, 6.07) is 8.43. The van der Waals surface area contributed by atoms with Crippen LogP contribution in [0, 0.1) is 6.92 Å². The van der Waals surface area contributed by atoms with Crippen molar-refractivity contribution in [2.75, 3.05) is 33.1 Å². The minimum Gasteiger partial charge on any atom is -0.381 e. The second-order valence-electron chi connectivity index (χ2n) is 5.71. The molecule has 122 valence electrons. The van der Waals surface area contributed by atoms with E-state index in [-0.39, 0.29) is 4.75 Å².